The lowest BCUT2D eigenvalue weighted by Gasteiger charge is -2.29. The summed E-state index contributed by atoms with van der Waals surface area (Å²) in [5.41, 5.74) is 2.86. The maximum absolute atomic E-state index is 13.1. The molecule has 2 atom stereocenters. The zero-order chi connectivity index (χ0) is 22.3. The molecule has 0 saturated heterocycles. The van der Waals surface area contributed by atoms with Crippen LogP contribution in [0, 0.1) is 13.8 Å². The monoisotopic (exact) mass is 430 g/mol. The fourth-order valence-corrected chi connectivity index (χ4v) is 3.18. The van der Waals surface area contributed by atoms with E-state index in [2.05, 4.69) is 5.32 Å². The summed E-state index contributed by atoms with van der Waals surface area (Å²) >= 11 is 6.10. The number of nitrogens with zero attached hydrogens (tertiary/aromatic N) is 1. The topological polar surface area (TPSA) is 58.6 Å². The number of halogens is 1. The van der Waals surface area contributed by atoms with Gasteiger partial charge < -0.3 is 15.0 Å². The van der Waals surface area contributed by atoms with E-state index in [9.17, 15) is 9.59 Å². The summed E-state index contributed by atoms with van der Waals surface area (Å²) in [7, 11) is 0. The first-order valence-electron chi connectivity index (χ1n) is 10.3. The third-order valence-corrected chi connectivity index (χ3v) is 5.34. The van der Waals surface area contributed by atoms with E-state index in [1.54, 1.807) is 19.1 Å². The van der Waals surface area contributed by atoms with E-state index in [0.29, 0.717) is 10.8 Å². The van der Waals surface area contributed by atoms with Crippen LogP contribution in [0.2, 0.25) is 5.02 Å². The predicted octanol–water partition coefficient (Wildman–Crippen LogP) is 4.67. The Hall–Kier alpha value is -2.53. The van der Waals surface area contributed by atoms with Gasteiger partial charge in [0, 0.05) is 17.6 Å². The zero-order valence-corrected chi connectivity index (χ0v) is 19.1. The predicted molar refractivity (Wildman–Crippen MR) is 121 cm³/mol. The average molecular weight is 431 g/mol. The number of hydrogen-bond acceptors (Lipinski definition) is 3. The molecular formula is C24H31ClN2O3. The number of carbonyl (C=O) groups is 2. The number of nitrogens with one attached hydrogen (secondary N) is 1. The summed E-state index contributed by atoms with van der Waals surface area (Å²) < 4.78 is 5.81. The lowest BCUT2D eigenvalue weighted by Crippen LogP contribution is -2.50. The molecule has 2 aromatic rings. The Balaban J connectivity index is 2.19. The molecule has 162 valence electrons. The van der Waals surface area contributed by atoms with Crippen molar-refractivity contribution in [1.29, 1.82) is 0 Å². The van der Waals surface area contributed by atoms with Crippen LogP contribution in [0.5, 0.6) is 5.75 Å². The van der Waals surface area contributed by atoms with Crippen LogP contribution in [-0.4, -0.2) is 35.4 Å². The molecule has 0 aliphatic heterocycles. The van der Waals surface area contributed by atoms with Crippen LogP contribution < -0.4 is 10.1 Å². The molecule has 6 heteroatoms. The number of aryl methyl sites for hydroxylation is 2. The number of rotatable bonds is 9. The lowest BCUT2D eigenvalue weighted by atomic mass is 10.1. The van der Waals surface area contributed by atoms with Gasteiger partial charge in [-0.2, -0.15) is 0 Å². The number of hydrogen-bond donors (Lipinski definition) is 1. The molecule has 30 heavy (non-hydrogen) atoms. The third-order valence-electron chi connectivity index (χ3n) is 5.11. The van der Waals surface area contributed by atoms with Crippen LogP contribution >= 0.6 is 11.6 Å². The maximum Gasteiger partial charge on any atom is 0.261 e. The normalized spacial score (nSPS) is 12.7. The van der Waals surface area contributed by atoms with Gasteiger partial charge in [0.05, 0.1) is 0 Å². The Morgan fingerprint density at radius 1 is 1.13 bits per heavy atom. The Morgan fingerprint density at radius 3 is 2.53 bits per heavy atom. The minimum atomic E-state index is -0.646. The molecule has 2 aromatic carbocycles. The van der Waals surface area contributed by atoms with Crippen LogP contribution in [0.4, 0.5) is 0 Å². The van der Waals surface area contributed by atoms with E-state index in [1.807, 2.05) is 58.0 Å². The first-order valence-corrected chi connectivity index (χ1v) is 10.6. The molecular weight excluding hydrogens is 400 g/mol. The van der Waals surface area contributed by atoms with Gasteiger partial charge in [0.15, 0.2) is 6.61 Å². The molecule has 0 radical (unpaired) electrons. The molecule has 0 saturated carbocycles. The summed E-state index contributed by atoms with van der Waals surface area (Å²) in [4.78, 5) is 27.3. The molecule has 5 nitrogen and oxygen atoms in total. The smallest absolute Gasteiger partial charge is 0.261 e. The third kappa shape index (κ3) is 6.77. The molecule has 0 aliphatic carbocycles. The first-order chi connectivity index (χ1) is 14.2. The van der Waals surface area contributed by atoms with Crippen molar-refractivity contribution < 1.29 is 14.3 Å². The zero-order valence-electron chi connectivity index (χ0n) is 18.4. The van der Waals surface area contributed by atoms with Crippen LogP contribution in [-0.2, 0) is 16.1 Å². The fourth-order valence-electron chi connectivity index (χ4n) is 2.97. The van der Waals surface area contributed by atoms with E-state index in [-0.39, 0.29) is 31.0 Å². The van der Waals surface area contributed by atoms with Gasteiger partial charge in [0.25, 0.3) is 5.91 Å². The molecule has 2 rings (SSSR count). The van der Waals surface area contributed by atoms with E-state index >= 15 is 0 Å². The van der Waals surface area contributed by atoms with Crippen molar-refractivity contribution in [2.45, 2.75) is 59.7 Å². The molecule has 0 spiro atoms. The second kappa shape index (κ2) is 11.0. The highest BCUT2D eigenvalue weighted by Crippen LogP contribution is 2.20. The van der Waals surface area contributed by atoms with Gasteiger partial charge in [-0.1, -0.05) is 42.8 Å². The lowest BCUT2D eigenvalue weighted by molar-refractivity contribution is -0.142. The quantitative estimate of drug-likeness (QED) is 0.629. The minimum Gasteiger partial charge on any atom is -0.483 e. The molecule has 0 aliphatic rings. The minimum absolute atomic E-state index is 0.0364. The Kier molecular flexibility index (Phi) is 8.72. The van der Waals surface area contributed by atoms with Gasteiger partial charge in [-0.25, -0.2) is 0 Å². The summed E-state index contributed by atoms with van der Waals surface area (Å²) in [5.74, 6) is 0.219. The van der Waals surface area contributed by atoms with Gasteiger partial charge in [-0.3, -0.25) is 9.59 Å². The Labute approximate surface area is 184 Å². The fraction of sp³-hybridized carbons (Fsp3) is 0.417. The number of amides is 2. The van der Waals surface area contributed by atoms with Gasteiger partial charge in [0.1, 0.15) is 11.8 Å². The second-order valence-electron chi connectivity index (χ2n) is 7.70. The average Bonchev–Trinajstić information content (AvgIpc) is 2.71. The molecule has 1 N–H and O–H groups in total. The number of ether oxygens (including phenoxy) is 1. The summed E-state index contributed by atoms with van der Waals surface area (Å²) in [6.07, 6.45) is 0.816. The SMILES string of the molecule is CC[C@@H](C)NC(=O)[C@@H](C)N(Cc1cccc(Cl)c1)C(=O)COc1cc(C)ccc1C. The highest BCUT2D eigenvalue weighted by molar-refractivity contribution is 6.30. The van der Waals surface area contributed by atoms with E-state index < -0.39 is 6.04 Å². The highest BCUT2D eigenvalue weighted by atomic mass is 35.5. The van der Waals surface area contributed by atoms with Crippen LogP contribution in [0.3, 0.4) is 0 Å². The molecule has 0 unspecified atom stereocenters. The van der Waals surface area contributed by atoms with Gasteiger partial charge in [-0.05, 0) is 69.0 Å². The highest BCUT2D eigenvalue weighted by Gasteiger charge is 2.27. The maximum atomic E-state index is 13.1. The Morgan fingerprint density at radius 2 is 1.87 bits per heavy atom. The van der Waals surface area contributed by atoms with Gasteiger partial charge in [0.2, 0.25) is 5.91 Å². The van der Waals surface area contributed by atoms with Crippen LogP contribution in [0.1, 0.15) is 43.9 Å². The standard InChI is InChI=1S/C24H31ClN2O3/c1-6-18(4)26-24(29)19(5)27(14-20-8-7-9-21(25)13-20)23(28)15-30-22-12-16(2)10-11-17(22)3/h7-13,18-19H,6,14-15H2,1-5H3,(H,26,29)/t18-,19-/m1/s1. The van der Waals surface area contributed by atoms with Crippen LogP contribution in [0.15, 0.2) is 42.5 Å². The van der Waals surface area contributed by atoms with Crippen LogP contribution in [0.25, 0.3) is 0 Å². The van der Waals surface area contributed by atoms with Crippen molar-refractivity contribution in [2.75, 3.05) is 6.61 Å². The van der Waals surface area contributed by atoms with Crippen molar-refractivity contribution in [3.8, 4) is 5.75 Å². The second-order valence-corrected chi connectivity index (χ2v) is 8.14. The van der Waals surface area contributed by atoms with Crippen molar-refractivity contribution >= 4 is 23.4 Å². The molecule has 0 fully saturated rings. The van der Waals surface area contributed by atoms with E-state index in [0.717, 1.165) is 23.1 Å². The largest absolute Gasteiger partial charge is 0.483 e. The number of benzene rings is 2. The Bertz CT molecular complexity index is 885. The summed E-state index contributed by atoms with van der Waals surface area (Å²) in [6.45, 7) is 9.71. The molecule has 0 aromatic heterocycles. The van der Waals surface area contributed by atoms with Crippen molar-refractivity contribution in [3.63, 3.8) is 0 Å². The van der Waals surface area contributed by atoms with Gasteiger partial charge >= 0.3 is 0 Å². The molecule has 2 amide bonds. The van der Waals surface area contributed by atoms with E-state index in [4.69, 9.17) is 16.3 Å². The van der Waals surface area contributed by atoms with Crippen molar-refractivity contribution in [1.82, 2.24) is 10.2 Å². The summed E-state index contributed by atoms with van der Waals surface area (Å²) in [5, 5.41) is 3.54. The van der Waals surface area contributed by atoms with Gasteiger partial charge in [-0.15, -0.1) is 0 Å². The van der Waals surface area contributed by atoms with E-state index in [1.165, 1.54) is 4.90 Å². The van der Waals surface area contributed by atoms with Crippen molar-refractivity contribution in [3.05, 3.63) is 64.2 Å². The number of carbonyl (C=O) groups excluding carboxylic acids is 2. The molecule has 0 heterocycles. The first kappa shape index (κ1) is 23.7. The summed E-state index contributed by atoms with van der Waals surface area (Å²) in [6, 6.07) is 12.5. The molecule has 0 bridgehead atoms. The van der Waals surface area contributed by atoms with Crippen molar-refractivity contribution in [2.24, 2.45) is 0 Å².